The number of likely N-dealkylation sites (tertiary alicyclic amines) is 1. The van der Waals surface area contributed by atoms with E-state index in [1.54, 1.807) is 12.1 Å². The van der Waals surface area contributed by atoms with Crippen LogP contribution in [-0.2, 0) is 22.8 Å². The van der Waals surface area contributed by atoms with Gasteiger partial charge in [0.2, 0.25) is 10.0 Å². The van der Waals surface area contributed by atoms with E-state index >= 15 is 0 Å². The number of sulfonamides is 1. The number of benzene rings is 1. The monoisotopic (exact) mass is 375 g/mol. The van der Waals surface area contributed by atoms with Crippen LogP contribution in [0.4, 0.5) is 0 Å². The van der Waals surface area contributed by atoms with Gasteiger partial charge in [0.15, 0.2) is 0 Å². The predicted octanol–water partition coefficient (Wildman–Crippen LogP) is 2.00. The first-order chi connectivity index (χ1) is 12.4. The van der Waals surface area contributed by atoms with Gasteiger partial charge in [-0.1, -0.05) is 30.3 Å². The number of rotatable bonds is 6. The first-order valence-corrected chi connectivity index (χ1v) is 10.5. The van der Waals surface area contributed by atoms with Gasteiger partial charge in [-0.05, 0) is 36.5 Å². The highest BCUT2D eigenvalue weighted by molar-refractivity contribution is 7.88. The van der Waals surface area contributed by atoms with Crippen molar-refractivity contribution in [3.63, 3.8) is 0 Å². The van der Waals surface area contributed by atoms with E-state index in [1.165, 1.54) is 0 Å². The molecule has 0 radical (unpaired) electrons. The van der Waals surface area contributed by atoms with Crippen LogP contribution in [0.1, 0.15) is 28.9 Å². The van der Waals surface area contributed by atoms with Gasteiger partial charge in [-0.3, -0.25) is 4.79 Å². The number of nitrogens with zero attached hydrogens (tertiary/aromatic N) is 2. The van der Waals surface area contributed by atoms with E-state index in [0.29, 0.717) is 18.8 Å². The number of aryl methyl sites for hydroxylation is 1. The lowest BCUT2D eigenvalue weighted by atomic mass is 9.98. The zero-order chi connectivity index (χ0) is 18.6. The number of amides is 1. The molecule has 1 amide bonds. The second-order valence-electron chi connectivity index (χ2n) is 6.86. The van der Waals surface area contributed by atoms with Crippen LogP contribution in [0.5, 0.6) is 0 Å². The normalized spacial score (nSPS) is 18.0. The zero-order valence-electron chi connectivity index (χ0n) is 15.0. The summed E-state index contributed by atoms with van der Waals surface area (Å²) in [7, 11) is -1.53. The summed E-state index contributed by atoms with van der Waals surface area (Å²) in [5.74, 6) is 0.125. The molecule has 1 fully saturated rings. The van der Waals surface area contributed by atoms with Crippen LogP contribution in [-0.4, -0.2) is 43.4 Å². The van der Waals surface area contributed by atoms with Crippen LogP contribution in [0, 0.1) is 5.92 Å². The maximum absolute atomic E-state index is 12.6. The van der Waals surface area contributed by atoms with Gasteiger partial charge in [-0.25, -0.2) is 13.1 Å². The Morgan fingerprint density at radius 2 is 1.96 bits per heavy atom. The van der Waals surface area contributed by atoms with Crippen molar-refractivity contribution < 1.29 is 13.2 Å². The van der Waals surface area contributed by atoms with Gasteiger partial charge in [0.1, 0.15) is 5.69 Å². The van der Waals surface area contributed by atoms with Crippen molar-refractivity contribution in [3.8, 4) is 0 Å². The van der Waals surface area contributed by atoms with E-state index < -0.39 is 10.0 Å². The number of aromatic nitrogens is 1. The Morgan fingerprint density at radius 1 is 1.19 bits per heavy atom. The molecular formula is C19H25N3O3S. The Labute approximate surface area is 154 Å². The summed E-state index contributed by atoms with van der Waals surface area (Å²) in [6.07, 6.45) is 3.67. The highest BCUT2D eigenvalue weighted by atomic mass is 32.2. The molecule has 2 heterocycles. The summed E-state index contributed by atoms with van der Waals surface area (Å²) in [6, 6.07) is 12.8. The van der Waals surface area contributed by atoms with Crippen LogP contribution in [0.2, 0.25) is 0 Å². The molecule has 1 aromatic heterocycles. The SMILES string of the molecule is Cn1cccc1C(=O)N1CCC[C@H](CNS(=O)(=O)Cc2ccccc2)C1. The molecule has 1 saturated heterocycles. The minimum absolute atomic E-state index is 0.00865. The summed E-state index contributed by atoms with van der Waals surface area (Å²) in [6.45, 7) is 1.67. The summed E-state index contributed by atoms with van der Waals surface area (Å²) in [4.78, 5) is 14.5. The molecule has 0 aliphatic carbocycles. The van der Waals surface area contributed by atoms with Gasteiger partial charge in [-0.2, -0.15) is 0 Å². The van der Waals surface area contributed by atoms with Crippen LogP contribution in [0.25, 0.3) is 0 Å². The van der Waals surface area contributed by atoms with Gasteiger partial charge < -0.3 is 9.47 Å². The number of hydrogen-bond acceptors (Lipinski definition) is 3. The van der Waals surface area contributed by atoms with E-state index in [-0.39, 0.29) is 17.6 Å². The summed E-state index contributed by atoms with van der Waals surface area (Å²) in [5, 5.41) is 0. The van der Waals surface area contributed by atoms with Crippen LogP contribution in [0.3, 0.4) is 0 Å². The molecular weight excluding hydrogens is 350 g/mol. The van der Waals surface area contributed by atoms with Crippen molar-refractivity contribution in [2.24, 2.45) is 13.0 Å². The van der Waals surface area contributed by atoms with E-state index in [2.05, 4.69) is 4.72 Å². The zero-order valence-corrected chi connectivity index (χ0v) is 15.8. The average molecular weight is 375 g/mol. The maximum Gasteiger partial charge on any atom is 0.270 e. The topological polar surface area (TPSA) is 71.4 Å². The minimum Gasteiger partial charge on any atom is -0.347 e. The second-order valence-corrected chi connectivity index (χ2v) is 8.66. The van der Waals surface area contributed by atoms with Crippen molar-refractivity contribution >= 4 is 15.9 Å². The third kappa shape index (κ3) is 4.74. The van der Waals surface area contributed by atoms with Gasteiger partial charge in [-0.15, -0.1) is 0 Å². The molecule has 1 aliphatic heterocycles. The number of carbonyl (C=O) groups is 1. The van der Waals surface area contributed by atoms with Crippen molar-refractivity contribution in [1.82, 2.24) is 14.2 Å². The highest BCUT2D eigenvalue weighted by Crippen LogP contribution is 2.19. The first kappa shape index (κ1) is 18.7. The van der Waals surface area contributed by atoms with Gasteiger partial charge in [0, 0.05) is 32.9 Å². The second kappa shape index (κ2) is 8.05. The lowest BCUT2D eigenvalue weighted by Gasteiger charge is -2.33. The number of piperidine rings is 1. The third-order valence-electron chi connectivity index (χ3n) is 4.76. The molecule has 7 heteroatoms. The van der Waals surface area contributed by atoms with Crippen molar-refractivity contribution in [3.05, 3.63) is 59.9 Å². The Hall–Kier alpha value is -2.12. The van der Waals surface area contributed by atoms with E-state index in [0.717, 1.165) is 24.9 Å². The van der Waals surface area contributed by atoms with Crippen LogP contribution in [0.15, 0.2) is 48.7 Å². The standard InChI is InChI=1S/C19H25N3O3S/c1-21-11-6-10-18(21)19(23)22-12-5-9-17(14-22)13-20-26(24,25)15-16-7-3-2-4-8-16/h2-4,6-8,10-11,17,20H,5,9,12-15H2,1H3/t17-/m1/s1. The van der Waals surface area contributed by atoms with Gasteiger partial charge >= 0.3 is 0 Å². The fourth-order valence-electron chi connectivity index (χ4n) is 3.35. The van der Waals surface area contributed by atoms with Crippen molar-refractivity contribution in [1.29, 1.82) is 0 Å². The third-order valence-corrected chi connectivity index (χ3v) is 6.08. The summed E-state index contributed by atoms with van der Waals surface area (Å²) >= 11 is 0. The highest BCUT2D eigenvalue weighted by Gasteiger charge is 2.26. The Bertz CT molecular complexity index is 846. The lowest BCUT2D eigenvalue weighted by molar-refractivity contribution is 0.0666. The Morgan fingerprint density at radius 3 is 2.65 bits per heavy atom. The molecule has 0 saturated carbocycles. The van der Waals surface area contributed by atoms with Crippen LogP contribution < -0.4 is 4.72 Å². The van der Waals surface area contributed by atoms with Crippen molar-refractivity contribution in [2.45, 2.75) is 18.6 Å². The average Bonchev–Trinajstić information content (AvgIpc) is 3.06. The smallest absolute Gasteiger partial charge is 0.270 e. The fraction of sp³-hybridized carbons (Fsp3) is 0.421. The molecule has 1 aliphatic rings. The summed E-state index contributed by atoms with van der Waals surface area (Å²) in [5.41, 5.74) is 1.43. The predicted molar refractivity (Wildman–Crippen MR) is 101 cm³/mol. The molecule has 0 unspecified atom stereocenters. The van der Waals surface area contributed by atoms with E-state index in [1.807, 2.05) is 53.0 Å². The van der Waals surface area contributed by atoms with Crippen molar-refractivity contribution in [2.75, 3.05) is 19.6 Å². The fourth-order valence-corrected chi connectivity index (χ4v) is 4.57. The number of nitrogens with one attached hydrogen (secondary N) is 1. The molecule has 1 N–H and O–H groups in total. The largest absolute Gasteiger partial charge is 0.347 e. The molecule has 140 valence electrons. The molecule has 0 spiro atoms. The molecule has 1 atom stereocenters. The lowest BCUT2D eigenvalue weighted by Crippen LogP contribution is -2.44. The molecule has 3 rings (SSSR count). The van der Waals surface area contributed by atoms with E-state index in [4.69, 9.17) is 0 Å². The maximum atomic E-state index is 12.6. The molecule has 0 bridgehead atoms. The van der Waals surface area contributed by atoms with Gasteiger partial charge in [0.25, 0.3) is 5.91 Å². The quantitative estimate of drug-likeness (QED) is 0.839. The first-order valence-electron chi connectivity index (χ1n) is 8.86. The Kier molecular flexibility index (Phi) is 5.78. The molecule has 26 heavy (non-hydrogen) atoms. The van der Waals surface area contributed by atoms with Crippen LogP contribution >= 0.6 is 0 Å². The molecule has 2 aromatic rings. The van der Waals surface area contributed by atoms with E-state index in [9.17, 15) is 13.2 Å². The Balaban J connectivity index is 1.55. The molecule has 1 aromatic carbocycles. The molecule has 6 nitrogen and oxygen atoms in total. The van der Waals surface area contributed by atoms with Gasteiger partial charge in [0.05, 0.1) is 5.75 Å². The number of hydrogen-bond donors (Lipinski definition) is 1. The summed E-state index contributed by atoms with van der Waals surface area (Å²) < 4.78 is 29.1. The minimum atomic E-state index is -3.38. The number of carbonyl (C=O) groups excluding carboxylic acids is 1.